The second-order valence-corrected chi connectivity index (χ2v) is 4.63. The van der Waals surface area contributed by atoms with Gasteiger partial charge in [-0.1, -0.05) is 0 Å². The van der Waals surface area contributed by atoms with Gasteiger partial charge in [0.15, 0.2) is 0 Å². The molecule has 2 unspecified atom stereocenters. The van der Waals surface area contributed by atoms with Crippen molar-refractivity contribution >= 4 is 0 Å². The van der Waals surface area contributed by atoms with Crippen molar-refractivity contribution in [3.05, 3.63) is 0 Å². The van der Waals surface area contributed by atoms with Crippen LogP contribution in [0, 0.1) is 0 Å². The van der Waals surface area contributed by atoms with Crippen LogP contribution in [0.3, 0.4) is 0 Å². The molecule has 0 radical (unpaired) electrons. The van der Waals surface area contributed by atoms with Gasteiger partial charge >= 0.3 is 0 Å². The molecule has 1 saturated heterocycles. The van der Waals surface area contributed by atoms with Crippen molar-refractivity contribution in [1.29, 1.82) is 0 Å². The normalized spacial score (nSPS) is 32.1. The summed E-state index contributed by atoms with van der Waals surface area (Å²) in [5.74, 6) is 0. The number of aliphatic hydroxyl groups is 1. The first kappa shape index (κ1) is 11.0. The Morgan fingerprint density at radius 2 is 1.77 bits per heavy atom. The highest BCUT2D eigenvalue weighted by atomic mass is 16.5. The maximum atomic E-state index is 9.24. The van der Waals surface area contributed by atoms with Crippen molar-refractivity contribution in [3.8, 4) is 0 Å². The van der Waals surface area contributed by atoms with Crippen LogP contribution in [0.25, 0.3) is 0 Å². The lowest BCUT2D eigenvalue weighted by molar-refractivity contribution is -0.104. The van der Waals surface area contributed by atoms with E-state index in [0.29, 0.717) is 0 Å². The average molecular weight is 187 g/mol. The van der Waals surface area contributed by atoms with Gasteiger partial charge in [0.25, 0.3) is 0 Å². The Balaban J connectivity index is 2.59. The van der Waals surface area contributed by atoms with Gasteiger partial charge < -0.3 is 9.84 Å². The van der Waals surface area contributed by atoms with E-state index in [0.717, 1.165) is 13.1 Å². The summed E-state index contributed by atoms with van der Waals surface area (Å²) in [5, 5.41) is 9.24. The molecule has 1 aliphatic heterocycles. The van der Waals surface area contributed by atoms with Crippen LogP contribution in [0.2, 0.25) is 0 Å². The third kappa shape index (κ3) is 2.66. The summed E-state index contributed by atoms with van der Waals surface area (Å²) in [6.45, 7) is 10.3. The lowest BCUT2D eigenvalue weighted by Gasteiger charge is -2.44. The first-order chi connectivity index (χ1) is 5.95. The SMILES string of the molecule is CC1CN(C(C)(C)CO)CC(C)O1. The molecule has 3 nitrogen and oxygen atoms in total. The molecule has 0 amide bonds. The fourth-order valence-corrected chi connectivity index (χ4v) is 1.77. The van der Waals surface area contributed by atoms with Crippen molar-refractivity contribution < 1.29 is 9.84 Å². The Kier molecular flexibility index (Phi) is 3.33. The maximum Gasteiger partial charge on any atom is 0.0678 e. The van der Waals surface area contributed by atoms with Gasteiger partial charge in [-0.15, -0.1) is 0 Å². The van der Waals surface area contributed by atoms with E-state index in [1.54, 1.807) is 0 Å². The first-order valence-corrected chi connectivity index (χ1v) is 4.97. The molecule has 13 heavy (non-hydrogen) atoms. The third-order valence-corrected chi connectivity index (χ3v) is 2.66. The van der Waals surface area contributed by atoms with Crippen molar-refractivity contribution in [1.82, 2.24) is 4.90 Å². The number of rotatable bonds is 2. The number of hydrogen-bond donors (Lipinski definition) is 1. The minimum Gasteiger partial charge on any atom is -0.394 e. The van der Waals surface area contributed by atoms with Crippen molar-refractivity contribution in [3.63, 3.8) is 0 Å². The molecule has 0 aliphatic carbocycles. The van der Waals surface area contributed by atoms with Crippen molar-refractivity contribution in [2.75, 3.05) is 19.7 Å². The van der Waals surface area contributed by atoms with E-state index in [2.05, 4.69) is 32.6 Å². The van der Waals surface area contributed by atoms with E-state index in [9.17, 15) is 5.11 Å². The van der Waals surface area contributed by atoms with Gasteiger partial charge in [0, 0.05) is 18.6 Å². The molecule has 78 valence electrons. The van der Waals surface area contributed by atoms with E-state index in [1.807, 2.05) is 0 Å². The van der Waals surface area contributed by atoms with Crippen LogP contribution in [-0.4, -0.2) is 47.4 Å². The molecule has 0 bridgehead atoms. The Morgan fingerprint density at radius 1 is 1.31 bits per heavy atom. The van der Waals surface area contributed by atoms with E-state index in [1.165, 1.54) is 0 Å². The Bertz CT molecular complexity index is 160. The smallest absolute Gasteiger partial charge is 0.0678 e. The summed E-state index contributed by atoms with van der Waals surface area (Å²) in [6.07, 6.45) is 0.546. The van der Waals surface area contributed by atoms with Gasteiger partial charge in [-0.25, -0.2) is 0 Å². The Labute approximate surface area is 80.7 Å². The largest absolute Gasteiger partial charge is 0.394 e. The van der Waals surface area contributed by atoms with Crippen LogP contribution in [0.5, 0.6) is 0 Å². The number of ether oxygens (including phenoxy) is 1. The summed E-state index contributed by atoms with van der Waals surface area (Å²) < 4.78 is 5.63. The van der Waals surface area contributed by atoms with Crippen LogP contribution in [0.4, 0.5) is 0 Å². The highest BCUT2D eigenvalue weighted by molar-refractivity contribution is 4.85. The molecular weight excluding hydrogens is 166 g/mol. The van der Waals surface area contributed by atoms with E-state index < -0.39 is 0 Å². The molecular formula is C10H21NO2. The summed E-state index contributed by atoms with van der Waals surface area (Å²) in [6, 6.07) is 0. The second kappa shape index (κ2) is 3.95. The molecule has 2 atom stereocenters. The first-order valence-electron chi connectivity index (χ1n) is 4.97. The number of aliphatic hydroxyl groups excluding tert-OH is 1. The molecule has 1 N–H and O–H groups in total. The monoisotopic (exact) mass is 187 g/mol. The minimum atomic E-state index is -0.119. The molecule has 1 fully saturated rings. The van der Waals surface area contributed by atoms with Crippen LogP contribution >= 0.6 is 0 Å². The van der Waals surface area contributed by atoms with E-state index in [4.69, 9.17) is 4.74 Å². The molecule has 1 rings (SSSR count). The van der Waals surface area contributed by atoms with E-state index in [-0.39, 0.29) is 24.4 Å². The fraction of sp³-hybridized carbons (Fsp3) is 1.00. The molecule has 1 aliphatic rings. The predicted molar refractivity (Wildman–Crippen MR) is 52.7 cm³/mol. The summed E-state index contributed by atoms with van der Waals surface area (Å²) in [4.78, 5) is 2.30. The predicted octanol–water partition coefficient (Wildman–Crippen LogP) is 0.866. The number of hydrogen-bond acceptors (Lipinski definition) is 3. The number of nitrogens with zero attached hydrogens (tertiary/aromatic N) is 1. The summed E-state index contributed by atoms with van der Waals surface area (Å²) >= 11 is 0. The summed E-state index contributed by atoms with van der Waals surface area (Å²) in [5.41, 5.74) is -0.119. The quantitative estimate of drug-likeness (QED) is 0.696. The zero-order valence-electron chi connectivity index (χ0n) is 9.08. The molecule has 0 saturated carbocycles. The van der Waals surface area contributed by atoms with E-state index >= 15 is 0 Å². The molecule has 0 aromatic carbocycles. The number of morpholine rings is 1. The highest BCUT2D eigenvalue weighted by Crippen LogP contribution is 2.20. The molecule has 3 heteroatoms. The van der Waals surface area contributed by atoms with Crippen molar-refractivity contribution in [2.45, 2.75) is 45.4 Å². The maximum absolute atomic E-state index is 9.24. The zero-order valence-corrected chi connectivity index (χ0v) is 9.08. The average Bonchev–Trinajstić information content (AvgIpc) is 2.02. The molecule has 0 spiro atoms. The van der Waals surface area contributed by atoms with Crippen LogP contribution < -0.4 is 0 Å². The van der Waals surface area contributed by atoms with Gasteiger partial charge in [-0.3, -0.25) is 4.90 Å². The van der Waals surface area contributed by atoms with Crippen molar-refractivity contribution in [2.24, 2.45) is 0 Å². The highest BCUT2D eigenvalue weighted by Gasteiger charge is 2.32. The molecule has 0 aromatic rings. The van der Waals surface area contributed by atoms with Gasteiger partial charge in [-0.2, -0.15) is 0 Å². The van der Waals surface area contributed by atoms with Gasteiger partial charge in [0.1, 0.15) is 0 Å². The lowest BCUT2D eigenvalue weighted by atomic mass is 10.0. The summed E-state index contributed by atoms with van der Waals surface area (Å²) in [7, 11) is 0. The standard InChI is InChI=1S/C10H21NO2/c1-8-5-11(6-9(2)13-8)10(3,4)7-12/h8-9,12H,5-7H2,1-4H3. The lowest BCUT2D eigenvalue weighted by Crippen LogP contribution is -2.56. The Hall–Kier alpha value is -0.120. The zero-order chi connectivity index (χ0) is 10.1. The van der Waals surface area contributed by atoms with Crippen LogP contribution in [-0.2, 0) is 4.74 Å². The van der Waals surface area contributed by atoms with Gasteiger partial charge in [0.05, 0.1) is 18.8 Å². The molecule has 1 heterocycles. The Morgan fingerprint density at radius 3 is 2.15 bits per heavy atom. The molecule has 0 aromatic heterocycles. The fourth-order valence-electron chi connectivity index (χ4n) is 1.77. The van der Waals surface area contributed by atoms with Crippen LogP contribution in [0.15, 0.2) is 0 Å². The topological polar surface area (TPSA) is 32.7 Å². The third-order valence-electron chi connectivity index (χ3n) is 2.66. The van der Waals surface area contributed by atoms with Gasteiger partial charge in [-0.05, 0) is 27.7 Å². The van der Waals surface area contributed by atoms with Crippen LogP contribution in [0.1, 0.15) is 27.7 Å². The van der Waals surface area contributed by atoms with Gasteiger partial charge in [0.2, 0.25) is 0 Å². The second-order valence-electron chi connectivity index (χ2n) is 4.63. The minimum absolute atomic E-state index is 0.119.